The number of nitrogens with zero attached hydrogens (tertiary/aromatic N) is 2. The molecule has 0 saturated carbocycles. The maximum atomic E-state index is 12.8. The lowest BCUT2D eigenvalue weighted by atomic mass is 10.3. The summed E-state index contributed by atoms with van der Waals surface area (Å²) in [6.07, 6.45) is 4.70. The van der Waals surface area contributed by atoms with Crippen molar-refractivity contribution in [1.82, 2.24) is 9.55 Å². The van der Waals surface area contributed by atoms with E-state index in [9.17, 15) is 4.39 Å². The summed E-state index contributed by atoms with van der Waals surface area (Å²) in [5.74, 6) is -0.230. The van der Waals surface area contributed by atoms with Crippen LogP contribution in [0.25, 0.3) is 16.7 Å². The molecule has 0 aliphatic rings. The van der Waals surface area contributed by atoms with Crippen LogP contribution in [-0.2, 0) is 0 Å². The maximum Gasteiger partial charge on any atom is 0.123 e. The van der Waals surface area contributed by atoms with Gasteiger partial charge in [-0.25, -0.2) is 9.37 Å². The summed E-state index contributed by atoms with van der Waals surface area (Å²) >= 11 is 0. The Morgan fingerprint density at radius 3 is 2.69 bits per heavy atom. The van der Waals surface area contributed by atoms with Crippen molar-refractivity contribution in [3.05, 3.63) is 60.7 Å². The average Bonchev–Trinajstić information content (AvgIpc) is 2.74. The van der Waals surface area contributed by atoms with Crippen LogP contribution < -0.4 is 0 Å². The topological polar surface area (TPSA) is 17.8 Å². The molecule has 2 heterocycles. The molecule has 2 aromatic heterocycles. The third-order valence-electron chi connectivity index (χ3n) is 2.51. The van der Waals surface area contributed by atoms with E-state index in [0.717, 1.165) is 16.7 Å². The molecule has 3 aromatic rings. The SMILES string of the molecule is Fc1ccc(-n2ccc3n[c]ccc32)cc1. The summed E-state index contributed by atoms with van der Waals surface area (Å²) in [6.45, 7) is 0. The molecule has 0 atom stereocenters. The minimum atomic E-state index is -0.230. The molecule has 1 aromatic carbocycles. The zero-order valence-electron chi connectivity index (χ0n) is 8.39. The highest BCUT2D eigenvalue weighted by molar-refractivity contribution is 5.77. The summed E-state index contributed by atoms with van der Waals surface area (Å²) < 4.78 is 14.8. The van der Waals surface area contributed by atoms with Crippen molar-refractivity contribution in [2.45, 2.75) is 0 Å². The fourth-order valence-electron chi connectivity index (χ4n) is 1.74. The zero-order chi connectivity index (χ0) is 11.0. The predicted octanol–water partition coefficient (Wildman–Crippen LogP) is 2.96. The smallest absolute Gasteiger partial charge is 0.123 e. The van der Waals surface area contributed by atoms with Crippen molar-refractivity contribution in [1.29, 1.82) is 0 Å². The molecule has 3 rings (SSSR count). The molecule has 0 fully saturated rings. The van der Waals surface area contributed by atoms with Crippen LogP contribution in [0, 0.1) is 12.0 Å². The Hall–Kier alpha value is -2.16. The van der Waals surface area contributed by atoms with Crippen molar-refractivity contribution in [3.63, 3.8) is 0 Å². The second-order valence-electron chi connectivity index (χ2n) is 3.51. The molecule has 0 spiro atoms. The third-order valence-corrected chi connectivity index (χ3v) is 2.51. The van der Waals surface area contributed by atoms with E-state index in [4.69, 9.17) is 0 Å². The highest BCUT2D eigenvalue weighted by Gasteiger charge is 2.02. The van der Waals surface area contributed by atoms with Crippen LogP contribution in [-0.4, -0.2) is 9.55 Å². The lowest BCUT2D eigenvalue weighted by molar-refractivity contribution is 0.627. The summed E-state index contributed by atoms with van der Waals surface area (Å²) in [5.41, 5.74) is 2.79. The Bertz CT molecular complexity index is 626. The predicted molar refractivity (Wildman–Crippen MR) is 59.9 cm³/mol. The quantitative estimate of drug-likeness (QED) is 0.605. The van der Waals surface area contributed by atoms with Gasteiger partial charge in [0, 0.05) is 11.9 Å². The third kappa shape index (κ3) is 1.37. The number of pyridine rings is 1. The van der Waals surface area contributed by atoms with E-state index in [0.29, 0.717) is 0 Å². The van der Waals surface area contributed by atoms with Crippen LogP contribution in [0.3, 0.4) is 0 Å². The molecule has 77 valence electrons. The summed E-state index contributed by atoms with van der Waals surface area (Å²) in [6, 6.07) is 12.0. The normalized spacial score (nSPS) is 10.8. The lowest BCUT2D eigenvalue weighted by Crippen LogP contribution is -1.91. The molecule has 0 N–H and O–H groups in total. The van der Waals surface area contributed by atoms with Crippen LogP contribution in [0.1, 0.15) is 0 Å². The van der Waals surface area contributed by atoms with E-state index in [1.807, 2.05) is 22.9 Å². The second kappa shape index (κ2) is 3.45. The molecule has 16 heavy (non-hydrogen) atoms. The van der Waals surface area contributed by atoms with Crippen LogP contribution in [0.2, 0.25) is 0 Å². The van der Waals surface area contributed by atoms with Gasteiger partial charge in [-0.15, -0.1) is 0 Å². The van der Waals surface area contributed by atoms with Crippen LogP contribution in [0.5, 0.6) is 0 Å². The van der Waals surface area contributed by atoms with Crippen LogP contribution >= 0.6 is 0 Å². The number of hydrogen-bond donors (Lipinski definition) is 0. The largest absolute Gasteiger partial charge is 0.315 e. The highest BCUT2D eigenvalue weighted by atomic mass is 19.1. The number of hydrogen-bond acceptors (Lipinski definition) is 1. The van der Waals surface area contributed by atoms with Gasteiger partial charge in [-0.2, -0.15) is 0 Å². The first-order valence-electron chi connectivity index (χ1n) is 4.95. The molecular weight excluding hydrogens is 203 g/mol. The van der Waals surface area contributed by atoms with Gasteiger partial charge in [-0.1, -0.05) is 0 Å². The van der Waals surface area contributed by atoms with Gasteiger partial charge >= 0.3 is 0 Å². The molecule has 3 heteroatoms. The van der Waals surface area contributed by atoms with Crippen LogP contribution in [0.15, 0.2) is 48.7 Å². The molecule has 0 unspecified atom stereocenters. The second-order valence-corrected chi connectivity index (χ2v) is 3.51. The standard InChI is InChI=1S/C13H8FN2/c14-10-3-5-11(6-4-10)16-9-7-12-13(16)2-1-8-15-12/h1-7,9H. The van der Waals surface area contributed by atoms with Gasteiger partial charge in [-0.3, -0.25) is 0 Å². The number of rotatable bonds is 1. The first-order valence-corrected chi connectivity index (χ1v) is 4.95. The number of fused-ring (bicyclic) bond motifs is 1. The molecule has 0 bridgehead atoms. The maximum absolute atomic E-state index is 12.8. The van der Waals surface area contributed by atoms with Gasteiger partial charge in [0.1, 0.15) is 5.82 Å². The van der Waals surface area contributed by atoms with Crippen molar-refractivity contribution in [3.8, 4) is 5.69 Å². The van der Waals surface area contributed by atoms with Gasteiger partial charge in [-0.05, 0) is 42.5 Å². The van der Waals surface area contributed by atoms with Gasteiger partial charge < -0.3 is 4.57 Å². The monoisotopic (exact) mass is 211 g/mol. The summed E-state index contributed by atoms with van der Waals surface area (Å²) in [5, 5.41) is 0. The Morgan fingerprint density at radius 1 is 1.06 bits per heavy atom. The van der Waals surface area contributed by atoms with E-state index in [2.05, 4.69) is 11.2 Å². The fourth-order valence-corrected chi connectivity index (χ4v) is 1.74. The lowest BCUT2D eigenvalue weighted by Gasteiger charge is -2.04. The van der Waals surface area contributed by atoms with E-state index in [1.165, 1.54) is 12.1 Å². The highest BCUT2D eigenvalue weighted by Crippen LogP contribution is 2.18. The first kappa shape index (κ1) is 9.09. The van der Waals surface area contributed by atoms with Crippen LogP contribution in [0.4, 0.5) is 4.39 Å². The summed E-state index contributed by atoms with van der Waals surface area (Å²) in [7, 11) is 0. The van der Waals surface area contributed by atoms with E-state index in [-0.39, 0.29) is 5.82 Å². The molecule has 0 aliphatic carbocycles. The van der Waals surface area contributed by atoms with Crippen molar-refractivity contribution < 1.29 is 4.39 Å². The molecule has 1 radical (unpaired) electrons. The van der Waals surface area contributed by atoms with E-state index in [1.54, 1.807) is 18.2 Å². The Balaban J connectivity index is 2.22. The Morgan fingerprint density at radius 2 is 1.88 bits per heavy atom. The van der Waals surface area contributed by atoms with Crippen molar-refractivity contribution in [2.75, 3.05) is 0 Å². The van der Waals surface area contributed by atoms with E-state index < -0.39 is 0 Å². The Kier molecular flexibility index (Phi) is 1.96. The first-order chi connectivity index (χ1) is 7.84. The minimum Gasteiger partial charge on any atom is -0.315 e. The average molecular weight is 211 g/mol. The number of benzene rings is 1. The van der Waals surface area contributed by atoms with Gasteiger partial charge in [0.2, 0.25) is 0 Å². The van der Waals surface area contributed by atoms with Gasteiger partial charge in [0.25, 0.3) is 0 Å². The zero-order valence-corrected chi connectivity index (χ0v) is 8.39. The van der Waals surface area contributed by atoms with E-state index >= 15 is 0 Å². The molecular formula is C13H8FN2. The molecule has 0 amide bonds. The molecule has 0 saturated heterocycles. The minimum absolute atomic E-state index is 0.230. The number of halogens is 1. The van der Waals surface area contributed by atoms with Gasteiger partial charge in [0.15, 0.2) is 0 Å². The Labute approximate surface area is 92.0 Å². The molecule has 2 nitrogen and oxygen atoms in total. The van der Waals surface area contributed by atoms with Gasteiger partial charge in [0.05, 0.1) is 17.2 Å². The van der Waals surface area contributed by atoms with Crippen molar-refractivity contribution >= 4 is 11.0 Å². The molecule has 0 aliphatic heterocycles. The van der Waals surface area contributed by atoms with Crippen molar-refractivity contribution in [2.24, 2.45) is 0 Å². The summed E-state index contributed by atoms with van der Waals surface area (Å²) in [4.78, 5) is 4.13. The number of aromatic nitrogens is 2. The fraction of sp³-hybridized carbons (Fsp3) is 0.